The van der Waals surface area contributed by atoms with Gasteiger partial charge in [-0.25, -0.2) is 0 Å². The number of carbonyl (C=O) groups is 1. The normalized spacial score (nSPS) is 10.8. The smallest absolute Gasteiger partial charge is 0.203 e. The van der Waals surface area contributed by atoms with Gasteiger partial charge in [0.25, 0.3) is 0 Å². The van der Waals surface area contributed by atoms with Gasteiger partial charge in [0.05, 0.1) is 7.11 Å². The highest BCUT2D eigenvalue weighted by Gasteiger charge is 2.12. The summed E-state index contributed by atoms with van der Waals surface area (Å²) in [5.74, 6) is 0.381. The Kier molecular flexibility index (Phi) is 5.12. The lowest BCUT2D eigenvalue weighted by atomic mass is 10.0. The molecule has 0 aliphatic carbocycles. The first-order valence-corrected chi connectivity index (χ1v) is 7.28. The van der Waals surface area contributed by atoms with E-state index in [1.165, 1.54) is 0 Å². The second-order valence-electron chi connectivity index (χ2n) is 4.25. The van der Waals surface area contributed by atoms with Gasteiger partial charge in [-0.2, -0.15) is 5.26 Å². The number of ketones is 1. The number of carbonyl (C=O) groups excluding carboxylic acids is 1. The number of ether oxygens (including phenoxy) is 1. The molecule has 0 unspecified atom stereocenters. The van der Waals surface area contributed by atoms with Crippen LogP contribution in [0.5, 0.6) is 5.75 Å². The van der Waals surface area contributed by atoms with Crippen molar-refractivity contribution >= 4 is 34.5 Å². The number of nitriles is 1. The van der Waals surface area contributed by atoms with E-state index < -0.39 is 0 Å². The van der Waals surface area contributed by atoms with Crippen LogP contribution in [0, 0.1) is 14.9 Å². The molecule has 0 radical (unpaired) electrons. The molecule has 21 heavy (non-hydrogen) atoms. The third-order valence-corrected chi connectivity index (χ3v) is 3.90. The largest absolute Gasteiger partial charge is 0.497 e. The van der Waals surface area contributed by atoms with Gasteiger partial charge in [0, 0.05) is 9.13 Å². The zero-order chi connectivity index (χ0) is 15.2. The van der Waals surface area contributed by atoms with Crippen LogP contribution < -0.4 is 4.74 Å². The topological polar surface area (TPSA) is 50.1 Å². The van der Waals surface area contributed by atoms with Crippen molar-refractivity contribution in [1.29, 1.82) is 5.26 Å². The van der Waals surface area contributed by atoms with E-state index in [9.17, 15) is 10.1 Å². The van der Waals surface area contributed by atoms with Crippen molar-refractivity contribution in [2.45, 2.75) is 0 Å². The van der Waals surface area contributed by atoms with Crippen molar-refractivity contribution < 1.29 is 9.53 Å². The van der Waals surface area contributed by atoms with Crippen LogP contribution >= 0.6 is 22.6 Å². The molecule has 0 amide bonds. The van der Waals surface area contributed by atoms with Crippen molar-refractivity contribution in [2.24, 2.45) is 0 Å². The average Bonchev–Trinajstić information content (AvgIpc) is 2.53. The van der Waals surface area contributed by atoms with Gasteiger partial charge >= 0.3 is 0 Å². The van der Waals surface area contributed by atoms with E-state index in [0.717, 1.165) is 9.13 Å². The van der Waals surface area contributed by atoms with E-state index in [2.05, 4.69) is 22.6 Å². The minimum absolute atomic E-state index is 0.115. The van der Waals surface area contributed by atoms with Crippen molar-refractivity contribution in [2.75, 3.05) is 7.11 Å². The third-order valence-electron chi connectivity index (χ3n) is 2.92. The first-order valence-electron chi connectivity index (χ1n) is 6.21. The van der Waals surface area contributed by atoms with E-state index in [0.29, 0.717) is 11.3 Å². The van der Waals surface area contributed by atoms with Crippen LogP contribution in [-0.4, -0.2) is 12.9 Å². The number of hydrogen-bond donors (Lipinski definition) is 0. The molecule has 0 fully saturated rings. The lowest BCUT2D eigenvalue weighted by molar-refractivity contribution is 0.104. The highest BCUT2D eigenvalue weighted by molar-refractivity contribution is 14.1. The molecule has 0 spiro atoms. The molecule has 0 heterocycles. The fraction of sp³-hybridized carbons (Fsp3) is 0.0588. The summed E-state index contributed by atoms with van der Waals surface area (Å²) in [5, 5.41) is 9.24. The van der Waals surface area contributed by atoms with Crippen molar-refractivity contribution in [3.8, 4) is 11.8 Å². The lowest BCUT2D eigenvalue weighted by Gasteiger charge is -2.03. The Morgan fingerprint density at radius 2 is 1.86 bits per heavy atom. The maximum absolute atomic E-state index is 12.4. The molecule has 2 aromatic rings. The van der Waals surface area contributed by atoms with E-state index in [-0.39, 0.29) is 11.4 Å². The van der Waals surface area contributed by atoms with Crippen LogP contribution in [0.15, 0.2) is 54.1 Å². The highest BCUT2D eigenvalue weighted by atomic mass is 127. The van der Waals surface area contributed by atoms with Gasteiger partial charge in [0.1, 0.15) is 17.4 Å². The second kappa shape index (κ2) is 7.04. The van der Waals surface area contributed by atoms with Gasteiger partial charge in [0.15, 0.2) is 0 Å². The summed E-state index contributed by atoms with van der Waals surface area (Å²) in [6.45, 7) is 0. The van der Waals surface area contributed by atoms with E-state index in [1.807, 2.05) is 30.3 Å². The van der Waals surface area contributed by atoms with Crippen LogP contribution in [0.3, 0.4) is 0 Å². The Balaban J connectivity index is 2.35. The molecule has 4 heteroatoms. The van der Waals surface area contributed by atoms with Gasteiger partial charge in [-0.15, -0.1) is 0 Å². The number of benzene rings is 2. The predicted molar refractivity (Wildman–Crippen MR) is 90.1 cm³/mol. The molecule has 0 aliphatic heterocycles. The number of Topliss-reactive ketones (excluding diaryl/α,β-unsaturated/α-hetero) is 1. The Morgan fingerprint density at radius 3 is 2.43 bits per heavy atom. The minimum Gasteiger partial charge on any atom is -0.497 e. The molecule has 0 aromatic heterocycles. The third kappa shape index (κ3) is 3.70. The van der Waals surface area contributed by atoms with Crippen molar-refractivity contribution in [1.82, 2.24) is 0 Å². The number of hydrogen-bond acceptors (Lipinski definition) is 3. The van der Waals surface area contributed by atoms with Crippen LogP contribution in [0.25, 0.3) is 6.08 Å². The quantitative estimate of drug-likeness (QED) is 0.343. The van der Waals surface area contributed by atoms with Crippen LogP contribution in [0.4, 0.5) is 0 Å². The van der Waals surface area contributed by atoms with E-state index in [1.54, 1.807) is 37.5 Å². The average molecular weight is 389 g/mol. The SMILES string of the molecule is COc1ccc(C(=O)/C(C#N)=C/c2ccccc2I)cc1. The maximum atomic E-state index is 12.4. The fourth-order valence-corrected chi connectivity index (χ4v) is 2.34. The van der Waals surface area contributed by atoms with Crippen LogP contribution in [0.2, 0.25) is 0 Å². The Labute approximate surface area is 137 Å². The standard InChI is InChI=1S/C17H12INO2/c1-21-15-8-6-12(7-9-15)17(20)14(11-19)10-13-4-2-3-5-16(13)18/h2-10H,1H3/b14-10+. The molecule has 0 N–H and O–H groups in total. The monoisotopic (exact) mass is 389 g/mol. The Morgan fingerprint density at radius 1 is 1.19 bits per heavy atom. The number of halogens is 1. The first-order chi connectivity index (χ1) is 10.2. The molecule has 2 rings (SSSR count). The van der Waals surface area contributed by atoms with Gasteiger partial charge in [-0.05, 0) is 64.6 Å². The van der Waals surface area contributed by atoms with Gasteiger partial charge in [0.2, 0.25) is 5.78 Å². The van der Waals surface area contributed by atoms with Gasteiger partial charge in [-0.3, -0.25) is 4.79 Å². The molecular weight excluding hydrogens is 377 g/mol. The molecule has 104 valence electrons. The number of nitrogens with zero attached hydrogens (tertiary/aromatic N) is 1. The molecule has 0 aliphatic rings. The number of methoxy groups -OCH3 is 1. The summed E-state index contributed by atoms with van der Waals surface area (Å²) in [4.78, 5) is 12.4. The summed E-state index contributed by atoms with van der Waals surface area (Å²) < 4.78 is 6.05. The summed E-state index contributed by atoms with van der Waals surface area (Å²) in [5.41, 5.74) is 1.44. The fourth-order valence-electron chi connectivity index (χ4n) is 1.79. The number of rotatable bonds is 4. The van der Waals surface area contributed by atoms with E-state index in [4.69, 9.17) is 4.74 Å². The summed E-state index contributed by atoms with van der Waals surface area (Å²) in [6.07, 6.45) is 1.62. The predicted octanol–water partition coefficient (Wildman–Crippen LogP) is 4.09. The maximum Gasteiger partial charge on any atom is 0.203 e. The minimum atomic E-state index is -0.292. The van der Waals surface area contributed by atoms with Gasteiger partial charge < -0.3 is 4.74 Å². The van der Waals surface area contributed by atoms with E-state index >= 15 is 0 Å². The number of allylic oxidation sites excluding steroid dienone is 1. The molecule has 0 atom stereocenters. The van der Waals surface area contributed by atoms with Crippen molar-refractivity contribution in [3.63, 3.8) is 0 Å². The molecule has 0 saturated carbocycles. The highest BCUT2D eigenvalue weighted by Crippen LogP contribution is 2.19. The molecule has 2 aromatic carbocycles. The summed E-state index contributed by atoms with van der Waals surface area (Å²) >= 11 is 2.18. The first kappa shape index (κ1) is 15.3. The molecule has 0 saturated heterocycles. The second-order valence-corrected chi connectivity index (χ2v) is 5.41. The van der Waals surface area contributed by atoms with Gasteiger partial charge in [-0.1, -0.05) is 18.2 Å². The van der Waals surface area contributed by atoms with Crippen LogP contribution in [-0.2, 0) is 0 Å². The summed E-state index contributed by atoms with van der Waals surface area (Å²) in [6, 6.07) is 16.3. The zero-order valence-corrected chi connectivity index (χ0v) is 13.5. The summed E-state index contributed by atoms with van der Waals surface area (Å²) in [7, 11) is 1.56. The Hall–Kier alpha value is -2.13. The molecule has 0 bridgehead atoms. The molecule has 3 nitrogen and oxygen atoms in total. The zero-order valence-electron chi connectivity index (χ0n) is 11.3. The lowest BCUT2D eigenvalue weighted by Crippen LogP contribution is -2.02. The molecular formula is C17H12INO2. The van der Waals surface area contributed by atoms with Crippen molar-refractivity contribution in [3.05, 3.63) is 68.8 Å². The Bertz CT molecular complexity index is 727. The van der Waals surface area contributed by atoms with Crippen LogP contribution in [0.1, 0.15) is 15.9 Å².